The maximum Gasteiger partial charge on any atom is 0.264 e. The van der Waals surface area contributed by atoms with E-state index in [-0.39, 0.29) is 5.91 Å². The van der Waals surface area contributed by atoms with Crippen molar-refractivity contribution in [1.29, 1.82) is 0 Å². The van der Waals surface area contributed by atoms with Gasteiger partial charge in [-0.25, -0.2) is 14.6 Å². The first-order valence-electron chi connectivity index (χ1n) is 10.6. The molecule has 5 rings (SSSR count). The second kappa shape index (κ2) is 8.58. The molecule has 1 amide bonds. The van der Waals surface area contributed by atoms with E-state index >= 15 is 0 Å². The summed E-state index contributed by atoms with van der Waals surface area (Å²) in [6.45, 7) is 4.82. The van der Waals surface area contributed by atoms with Gasteiger partial charge in [-0.3, -0.25) is 4.79 Å². The minimum Gasteiger partial charge on any atom is -0.497 e. The molecule has 1 saturated heterocycles. The summed E-state index contributed by atoms with van der Waals surface area (Å²) in [5.74, 6) is 2.56. The van der Waals surface area contributed by atoms with Crippen molar-refractivity contribution in [2.24, 2.45) is 0 Å². The Morgan fingerprint density at radius 1 is 1.09 bits per heavy atom. The highest BCUT2D eigenvalue weighted by molar-refractivity contribution is 7.12. The van der Waals surface area contributed by atoms with Crippen LogP contribution in [0, 0.1) is 0 Å². The summed E-state index contributed by atoms with van der Waals surface area (Å²) in [7, 11) is 1.65. The SMILES string of the molecule is CCc1nc(N2CCN(C(=O)c3cccs3)CC2)c2cnn(-c3ccc(OC)cc3)c2n1. The molecular weight excluding hydrogens is 424 g/mol. The molecule has 0 unspecified atom stereocenters. The maximum atomic E-state index is 12.7. The highest BCUT2D eigenvalue weighted by Crippen LogP contribution is 2.28. The van der Waals surface area contributed by atoms with E-state index in [0.717, 1.165) is 58.5 Å². The van der Waals surface area contributed by atoms with Crippen LogP contribution < -0.4 is 9.64 Å². The number of anilines is 1. The van der Waals surface area contributed by atoms with Crippen LogP contribution in [-0.2, 0) is 6.42 Å². The molecule has 0 N–H and O–H groups in total. The Morgan fingerprint density at radius 3 is 2.53 bits per heavy atom. The van der Waals surface area contributed by atoms with Gasteiger partial charge in [-0.05, 0) is 35.7 Å². The van der Waals surface area contributed by atoms with Crippen molar-refractivity contribution in [3.8, 4) is 11.4 Å². The Hall–Kier alpha value is -3.46. The van der Waals surface area contributed by atoms with Crippen LogP contribution in [-0.4, -0.2) is 63.8 Å². The number of nitrogens with zero attached hydrogens (tertiary/aromatic N) is 6. The third kappa shape index (κ3) is 3.69. The summed E-state index contributed by atoms with van der Waals surface area (Å²) in [5, 5.41) is 7.46. The van der Waals surface area contributed by atoms with E-state index in [4.69, 9.17) is 14.7 Å². The standard InChI is InChI=1S/C23H24N6O2S/c1-3-20-25-21(27-10-12-28(13-11-27)23(30)19-5-4-14-32-19)18-15-24-29(22(18)26-20)16-6-8-17(31-2)9-7-16/h4-9,14-15H,3,10-13H2,1-2H3. The average molecular weight is 449 g/mol. The fourth-order valence-corrected chi connectivity index (χ4v) is 4.62. The first-order valence-corrected chi connectivity index (χ1v) is 11.5. The van der Waals surface area contributed by atoms with E-state index in [2.05, 4.69) is 16.9 Å². The molecule has 8 nitrogen and oxygen atoms in total. The Labute approximate surface area is 190 Å². The number of hydrogen-bond donors (Lipinski definition) is 0. The van der Waals surface area contributed by atoms with E-state index in [1.807, 2.05) is 57.6 Å². The molecule has 3 aromatic heterocycles. The lowest BCUT2D eigenvalue weighted by atomic mass is 10.2. The summed E-state index contributed by atoms with van der Waals surface area (Å²) in [4.78, 5) is 27.2. The zero-order chi connectivity index (χ0) is 22.1. The maximum absolute atomic E-state index is 12.7. The van der Waals surface area contributed by atoms with Gasteiger partial charge < -0.3 is 14.5 Å². The lowest BCUT2D eigenvalue weighted by Gasteiger charge is -2.35. The van der Waals surface area contributed by atoms with Gasteiger partial charge in [-0.2, -0.15) is 5.10 Å². The van der Waals surface area contributed by atoms with E-state index in [1.165, 1.54) is 11.3 Å². The number of thiophene rings is 1. The summed E-state index contributed by atoms with van der Waals surface area (Å²) < 4.78 is 7.11. The highest BCUT2D eigenvalue weighted by atomic mass is 32.1. The van der Waals surface area contributed by atoms with Crippen LogP contribution in [0.1, 0.15) is 22.4 Å². The zero-order valence-corrected chi connectivity index (χ0v) is 18.9. The van der Waals surface area contributed by atoms with Gasteiger partial charge in [0.15, 0.2) is 5.65 Å². The monoisotopic (exact) mass is 448 g/mol. The van der Waals surface area contributed by atoms with Gasteiger partial charge in [-0.1, -0.05) is 13.0 Å². The Morgan fingerprint density at radius 2 is 1.88 bits per heavy atom. The van der Waals surface area contributed by atoms with E-state index < -0.39 is 0 Å². The first kappa shape index (κ1) is 20.4. The molecule has 1 aromatic carbocycles. The number of aryl methyl sites for hydroxylation is 1. The van der Waals surface area contributed by atoms with Gasteiger partial charge in [0.05, 0.1) is 29.3 Å². The number of piperazine rings is 1. The molecule has 0 aliphatic carbocycles. The number of benzene rings is 1. The molecule has 0 radical (unpaired) electrons. The van der Waals surface area contributed by atoms with Crippen molar-refractivity contribution in [1.82, 2.24) is 24.6 Å². The minimum absolute atomic E-state index is 0.106. The van der Waals surface area contributed by atoms with E-state index in [9.17, 15) is 4.79 Å². The highest BCUT2D eigenvalue weighted by Gasteiger charge is 2.26. The molecule has 1 aliphatic heterocycles. The first-order chi connectivity index (χ1) is 15.7. The molecule has 0 spiro atoms. The van der Waals surface area contributed by atoms with Crippen molar-refractivity contribution in [3.05, 3.63) is 58.7 Å². The minimum atomic E-state index is 0.106. The lowest BCUT2D eigenvalue weighted by Crippen LogP contribution is -2.49. The number of rotatable bonds is 5. The van der Waals surface area contributed by atoms with Crippen LogP contribution >= 0.6 is 11.3 Å². The van der Waals surface area contributed by atoms with Gasteiger partial charge in [0.25, 0.3) is 5.91 Å². The van der Waals surface area contributed by atoms with Gasteiger partial charge >= 0.3 is 0 Å². The predicted octanol–water partition coefficient (Wildman–Crippen LogP) is 3.41. The Balaban J connectivity index is 1.44. The van der Waals surface area contributed by atoms with Gasteiger partial charge in [0.1, 0.15) is 17.4 Å². The number of carbonyl (C=O) groups excluding carboxylic acids is 1. The van der Waals surface area contributed by atoms with Crippen LogP contribution in [0.25, 0.3) is 16.7 Å². The van der Waals surface area contributed by atoms with Crippen LogP contribution in [0.15, 0.2) is 48.0 Å². The number of aromatic nitrogens is 4. The fourth-order valence-electron chi connectivity index (χ4n) is 3.93. The quantitative estimate of drug-likeness (QED) is 0.466. The van der Waals surface area contributed by atoms with Gasteiger partial charge in [-0.15, -0.1) is 11.3 Å². The number of ether oxygens (including phenoxy) is 1. The molecule has 4 aromatic rings. The number of methoxy groups -OCH3 is 1. The number of hydrogen-bond acceptors (Lipinski definition) is 7. The van der Waals surface area contributed by atoms with Crippen molar-refractivity contribution in [2.75, 3.05) is 38.2 Å². The molecule has 0 bridgehead atoms. The van der Waals surface area contributed by atoms with Crippen LogP contribution in [0.5, 0.6) is 5.75 Å². The summed E-state index contributed by atoms with van der Waals surface area (Å²) >= 11 is 1.49. The predicted molar refractivity (Wildman–Crippen MR) is 125 cm³/mol. The topological polar surface area (TPSA) is 76.4 Å². The molecule has 4 heterocycles. The number of amides is 1. The molecule has 1 aliphatic rings. The second-order valence-electron chi connectivity index (χ2n) is 7.57. The fraction of sp³-hybridized carbons (Fsp3) is 0.304. The number of fused-ring (bicyclic) bond motifs is 1. The number of carbonyl (C=O) groups is 1. The summed E-state index contributed by atoms with van der Waals surface area (Å²) in [6, 6.07) is 11.6. The van der Waals surface area contributed by atoms with Gasteiger partial charge in [0, 0.05) is 32.6 Å². The smallest absolute Gasteiger partial charge is 0.264 e. The van der Waals surface area contributed by atoms with Crippen molar-refractivity contribution in [2.45, 2.75) is 13.3 Å². The molecule has 0 saturated carbocycles. The molecule has 0 atom stereocenters. The van der Waals surface area contributed by atoms with Crippen molar-refractivity contribution in [3.63, 3.8) is 0 Å². The van der Waals surface area contributed by atoms with Gasteiger partial charge in [0.2, 0.25) is 0 Å². The van der Waals surface area contributed by atoms with Crippen molar-refractivity contribution < 1.29 is 9.53 Å². The molecule has 32 heavy (non-hydrogen) atoms. The Kier molecular flexibility index (Phi) is 5.48. The Bertz CT molecular complexity index is 1230. The molecule has 1 fully saturated rings. The molecule has 9 heteroatoms. The summed E-state index contributed by atoms with van der Waals surface area (Å²) in [5.41, 5.74) is 1.70. The van der Waals surface area contributed by atoms with Crippen LogP contribution in [0.3, 0.4) is 0 Å². The third-order valence-electron chi connectivity index (χ3n) is 5.69. The lowest BCUT2D eigenvalue weighted by molar-refractivity contribution is 0.0751. The average Bonchev–Trinajstić information content (AvgIpc) is 3.53. The molecular formula is C23H24N6O2S. The third-order valence-corrected chi connectivity index (χ3v) is 6.54. The van der Waals surface area contributed by atoms with Crippen LogP contribution in [0.2, 0.25) is 0 Å². The van der Waals surface area contributed by atoms with Crippen LogP contribution in [0.4, 0.5) is 5.82 Å². The zero-order valence-electron chi connectivity index (χ0n) is 18.1. The van der Waals surface area contributed by atoms with E-state index in [0.29, 0.717) is 13.1 Å². The normalized spacial score (nSPS) is 14.2. The largest absolute Gasteiger partial charge is 0.497 e. The van der Waals surface area contributed by atoms with E-state index in [1.54, 1.807) is 7.11 Å². The second-order valence-corrected chi connectivity index (χ2v) is 8.51. The molecule has 164 valence electrons. The summed E-state index contributed by atoms with van der Waals surface area (Å²) in [6.07, 6.45) is 2.56. The van der Waals surface area contributed by atoms with Crippen molar-refractivity contribution >= 4 is 34.1 Å².